The highest BCUT2D eigenvalue weighted by Gasteiger charge is 2.21. The Balaban J connectivity index is 1.62. The number of rotatable bonds is 4. The van der Waals surface area contributed by atoms with Gasteiger partial charge in [-0.05, 0) is 19.1 Å². The lowest BCUT2D eigenvalue weighted by Crippen LogP contribution is -2.46. The van der Waals surface area contributed by atoms with E-state index >= 15 is 0 Å². The molecule has 3 rings (SSSR count). The van der Waals surface area contributed by atoms with Crippen LogP contribution < -0.4 is 4.90 Å². The third kappa shape index (κ3) is 2.97. The Kier molecular flexibility index (Phi) is 4.38. The summed E-state index contributed by atoms with van der Waals surface area (Å²) in [6.45, 7) is 6.88. The molecule has 0 unspecified atom stereocenters. The molecule has 1 aromatic heterocycles. The van der Waals surface area contributed by atoms with E-state index in [2.05, 4.69) is 21.4 Å². The monoisotopic (exact) mass is 306 g/mol. The lowest BCUT2D eigenvalue weighted by atomic mass is 10.2. The predicted molar refractivity (Wildman–Crippen MR) is 81.7 cm³/mol. The number of anilines is 1. The number of hydrogen-bond donors (Lipinski definition) is 0. The van der Waals surface area contributed by atoms with Crippen molar-refractivity contribution in [2.24, 2.45) is 0 Å². The lowest BCUT2D eigenvalue weighted by molar-refractivity contribution is 0.243. The Morgan fingerprint density at radius 1 is 1.14 bits per heavy atom. The third-order valence-electron chi connectivity index (χ3n) is 4.17. The minimum absolute atomic E-state index is 0.359. The van der Waals surface area contributed by atoms with E-state index < -0.39 is 11.6 Å². The molecule has 0 saturated carbocycles. The van der Waals surface area contributed by atoms with Gasteiger partial charge >= 0.3 is 0 Å². The Bertz CT molecular complexity index is 633. The van der Waals surface area contributed by atoms with Crippen molar-refractivity contribution in [2.75, 3.05) is 31.1 Å². The summed E-state index contributed by atoms with van der Waals surface area (Å²) >= 11 is 0. The van der Waals surface area contributed by atoms with Crippen LogP contribution in [0.1, 0.15) is 12.6 Å². The van der Waals surface area contributed by atoms with Crippen LogP contribution >= 0.6 is 0 Å². The molecular formula is C16H20F2N4. The summed E-state index contributed by atoms with van der Waals surface area (Å²) in [5, 5.41) is 0. The van der Waals surface area contributed by atoms with Crippen LogP contribution in [0.5, 0.6) is 0 Å². The van der Waals surface area contributed by atoms with Gasteiger partial charge in [0.2, 0.25) is 0 Å². The summed E-state index contributed by atoms with van der Waals surface area (Å²) < 4.78 is 29.3. The van der Waals surface area contributed by atoms with E-state index in [1.807, 2.05) is 17.4 Å². The summed E-state index contributed by atoms with van der Waals surface area (Å²) in [7, 11) is 0. The first kappa shape index (κ1) is 15.0. The minimum atomic E-state index is -0.785. The molecule has 2 heterocycles. The lowest BCUT2D eigenvalue weighted by Gasteiger charge is -2.36. The van der Waals surface area contributed by atoms with Crippen molar-refractivity contribution in [3.05, 3.63) is 48.1 Å². The van der Waals surface area contributed by atoms with Crippen molar-refractivity contribution < 1.29 is 8.78 Å². The molecule has 1 saturated heterocycles. The first-order valence-corrected chi connectivity index (χ1v) is 7.59. The van der Waals surface area contributed by atoms with Crippen molar-refractivity contribution in [1.82, 2.24) is 14.5 Å². The maximum atomic E-state index is 13.8. The average Bonchev–Trinajstić information content (AvgIpc) is 2.98. The largest absolute Gasteiger partial charge is 0.367 e. The summed E-state index contributed by atoms with van der Waals surface area (Å²) in [4.78, 5) is 8.40. The van der Waals surface area contributed by atoms with Crippen molar-refractivity contribution >= 4 is 5.69 Å². The van der Waals surface area contributed by atoms with Gasteiger partial charge in [0.25, 0.3) is 0 Å². The van der Waals surface area contributed by atoms with Crippen molar-refractivity contribution in [1.29, 1.82) is 0 Å². The van der Waals surface area contributed by atoms with E-state index in [-0.39, 0.29) is 0 Å². The van der Waals surface area contributed by atoms with Crippen LogP contribution in [0, 0.1) is 11.6 Å². The van der Waals surface area contributed by atoms with Crippen molar-refractivity contribution in [3.8, 4) is 0 Å². The third-order valence-corrected chi connectivity index (χ3v) is 4.17. The zero-order chi connectivity index (χ0) is 15.5. The normalized spacial score (nSPS) is 16.2. The van der Waals surface area contributed by atoms with Gasteiger partial charge in [0.15, 0.2) is 11.6 Å². The Hall–Kier alpha value is -1.95. The Morgan fingerprint density at radius 3 is 2.64 bits per heavy atom. The SMILES string of the molecule is CCn1cncc1CN1CCN(c2cccc(F)c2F)CC1. The molecule has 1 aromatic carbocycles. The molecule has 0 radical (unpaired) electrons. The van der Waals surface area contributed by atoms with Crippen LogP contribution in [0.3, 0.4) is 0 Å². The van der Waals surface area contributed by atoms with Crippen molar-refractivity contribution in [2.45, 2.75) is 20.0 Å². The smallest absolute Gasteiger partial charge is 0.182 e. The first-order chi connectivity index (χ1) is 10.7. The first-order valence-electron chi connectivity index (χ1n) is 7.59. The molecule has 1 aliphatic heterocycles. The molecule has 0 aliphatic carbocycles. The summed E-state index contributed by atoms with van der Waals surface area (Å²) in [6, 6.07) is 4.35. The van der Waals surface area contributed by atoms with Gasteiger partial charge in [0.1, 0.15) is 0 Å². The number of hydrogen-bond acceptors (Lipinski definition) is 3. The topological polar surface area (TPSA) is 24.3 Å². The Morgan fingerprint density at radius 2 is 1.91 bits per heavy atom. The van der Waals surface area contributed by atoms with E-state index in [0.717, 1.165) is 32.2 Å². The van der Waals surface area contributed by atoms with Gasteiger partial charge in [-0.15, -0.1) is 0 Å². The van der Waals surface area contributed by atoms with Crippen LogP contribution in [0.15, 0.2) is 30.7 Å². The molecule has 0 spiro atoms. The van der Waals surface area contributed by atoms with Crippen LogP contribution in [0.4, 0.5) is 14.5 Å². The maximum Gasteiger partial charge on any atom is 0.182 e. The van der Waals surface area contributed by atoms with Gasteiger partial charge in [0, 0.05) is 45.5 Å². The summed E-state index contributed by atoms with van der Waals surface area (Å²) in [6.07, 6.45) is 3.73. The summed E-state index contributed by atoms with van der Waals surface area (Å²) in [5.41, 5.74) is 1.55. The molecule has 1 aliphatic rings. The van der Waals surface area contributed by atoms with Gasteiger partial charge in [-0.2, -0.15) is 0 Å². The molecule has 22 heavy (non-hydrogen) atoms. The molecule has 4 nitrogen and oxygen atoms in total. The highest BCUT2D eigenvalue weighted by molar-refractivity contribution is 5.48. The predicted octanol–water partition coefficient (Wildman–Crippen LogP) is 2.50. The minimum Gasteiger partial charge on any atom is -0.367 e. The number of piperazine rings is 1. The molecule has 0 amide bonds. The second-order valence-corrected chi connectivity index (χ2v) is 5.51. The number of imidazole rings is 1. The van der Waals surface area contributed by atoms with E-state index in [4.69, 9.17) is 0 Å². The van der Waals surface area contributed by atoms with Gasteiger partial charge in [-0.3, -0.25) is 4.90 Å². The quantitative estimate of drug-likeness (QED) is 0.867. The molecule has 0 N–H and O–H groups in total. The fourth-order valence-electron chi connectivity index (χ4n) is 2.88. The van der Waals surface area contributed by atoms with Crippen LogP contribution in [-0.4, -0.2) is 40.6 Å². The fraction of sp³-hybridized carbons (Fsp3) is 0.438. The zero-order valence-electron chi connectivity index (χ0n) is 12.7. The highest BCUT2D eigenvalue weighted by Crippen LogP contribution is 2.23. The van der Waals surface area contributed by atoms with E-state index in [0.29, 0.717) is 18.8 Å². The number of benzene rings is 1. The molecule has 118 valence electrons. The van der Waals surface area contributed by atoms with Crippen LogP contribution in [0.2, 0.25) is 0 Å². The van der Waals surface area contributed by atoms with E-state index in [1.54, 1.807) is 12.1 Å². The molecular weight excluding hydrogens is 286 g/mol. The standard InChI is InChI=1S/C16H20F2N4/c1-2-21-12-19-10-13(21)11-20-6-8-22(9-7-20)15-5-3-4-14(17)16(15)18/h3-5,10,12H,2,6-9,11H2,1H3. The van der Waals surface area contributed by atoms with Gasteiger partial charge in [0.05, 0.1) is 17.7 Å². The molecule has 6 heteroatoms. The average molecular weight is 306 g/mol. The molecule has 1 fully saturated rings. The second kappa shape index (κ2) is 6.44. The second-order valence-electron chi connectivity index (χ2n) is 5.51. The van der Waals surface area contributed by atoms with Gasteiger partial charge < -0.3 is 9.47 Å². The number of nitrogens with zero attached hydrogens (tertiary/aromatic N) is 4. The maximum absolute atomic E-state index is 13.8. The molecule has 0 atom stereocenters. The van der Waals surface area contributed by atoms with Gasteiger partial charge in [-0.1, -0.05) is 6.07 Å². The number of halogens is 2. The van der Waals surface area contributed by atoms with E-state index in [9.17, 15) is 8.78 Å². The highest BCUT2D eigenvalue weighted by atomic mass is 19.2. The molecule has 2 aromatic rings. The fourth-order valence-corrected chi connectivity index (χ4v) is 2.88. The zero-order valence-corrected chi connectivity index (χ0v) is 12.7. The number of aryl methyl sites for hydroxylation is 1. The number of aromatic nitrogens is 2. The molecule has 0 bridgehead atoms. The van der Waals surface area contributed by atoms with Gasteiger partial charge in [-0.25, -0.2) is 13.8 Å². The van der Waals surface area contributed by atoms with Crippen LogP contribution in [-0.2, 0) is 13.1 Å². The Labute approximate surface area is 129 Å². The van der Waals surface area contributed by atoms with Crippen LogP contribution in [0.25, 0.3) is 0 Å². The summed E-state index contributed by atoms with van der Waals surface area (Å²) in [5.74, 6) is -1.54. The van der Waals surface area contributed by atoms with E-state index in [1.165, 1.54) is 5.69 Å². The van der Waals surface area contributed by atoms with Crippen molar-refractivity contribution in [3.63, 3.8) is 0 Å².